The van der Waals surface area contributed by atoms with Crippen LogP contribution in [0.1, 0.15) is 38.8 Å². The zero-order valence-corrected chi connectivity index (χ0v) is 12.5. The Morgan fingerprint density at radius 2 is 1.68 bits per heavy atom. The lowest BCUT2D eigenvalue weighted by Gasteiger charge is -2.32. The summed E-state index contributed by atoms with van der Waals surface area (Å²) >= 11 is 0. The molecule has 0 aliphatic carbocycles. The topological polar surface area (TPSA) is 38.7 Å². The Hall–Kier alpha value is -0.835. The molecule has 0 unspecified atom stereocenters. The van der Waals surface area contributed by atoms with E-state index in [9.17, 15) is 5.11 Å². The van der Waals surface area contributed by atoms with E-state index in [1.807, 2.05) is 12.1 Å². The number of benzene rings is 1. The van der Waals surface area contributed by atoms with Crippen LogP contribution in [0, 0.1) is 6.92 Å². The van der Waals surface area contributed by atoms with Crippen LogP contribution in [0.2, 0.25) is 0 Å². The summed E-state index contributed by atoms with van der Waals surface area (Å²) in [6.45, 7) is 10.4. The molecule has 0 aromatic heterocycles. The number of aryl methyl sites for hydroxylation is 1. The largest absolute Gasteiger partial charge is 0.495 e. The molecule has 1 saturated heterocycles. The minimum Gasteiger partial charge on any atom is -0.399 e. The number of rotatable bonds is 3. The average molecular weight is 262 g/mol. The van der Waals surface area contributed by atoms with Gasteiger partial charge in [-0.1, -0.05) is 23.8 Å². The second-order valence-corrected chi connectivity index (χ2v) is 6.21. The van der Waals surface area contributed by atoms with Crippen molar-refractivity contribution >= 4 is 12.6 Å². The second-order valence-electron chi connectivity index (χ2n) is 6.21. The van der Waals surface area contributed by atoms with E-state index in [1.54, 1.807) is 0 Å². The molecule has 0 bridgehead atoms. The van der Waals surface area contributed by atoms with Gasteiger partial charge in [-0.25, -0.2) is 0 Å². The number of aliphatic hydroxyl groups excluding tert-OH is 1. The first-order valence-corrected chi connectivity index (χ1v) is 6.83. The lowest BCUT2D eigenvalue weighted by Crippen LogP contribution is -2.41. The molecule has 1 aliphatic rings. The molecule has 104 valence electrons. The molecule has 0 amide bonds. The van der Waals surface area contributed by atoms with Gasteiger partial charge in [-0.2, -0.15) is 0 Å². The van der Waals surface area contributed by atoms with Crippen molar-refractivity contribution in [1.82, 2.24) is 0 Å². The van der Waals surface area contributed by atoms with Gasteiger partial charge < -0.3 is 14.4 Å². The molecule has 4 heteroatoms. The minimum absolute atomic E-state index is 0.135. The first kappa shape index (κ1) is 14.6. The van der Waals surface area contributed by atoms with E-state index in [1.165, 1.54) is 0 Å². The van der Waals surface area contributed by atoms with E-state index in [4.69, 9.17) is 9.31 Å². The van der Waals surface area contributed by atoms with Crippen molar-refractivity contribution in [2.45, 2.75) is 52.2 Å². The van der Waals surface area contributed by atoms with E-state index in [-0.39, 0.29) is 24.9 Å². The third-order valence-corrected chi connectivity index (χ3v) is 4.28. The molecule has 3 nitrogen and oxygen atoms in total. The van der Waals surface area contributed by atoms with Crippen LogP contribution in [0.15, 0.2) is 18.2 Å². The van der Waals surface area contributed by atoms with Crippen molar-refractivity contribution in [3.63, 3.8) is 0 Å². The average Bonchev–Trinajstić information content (AvgIpc) is 2.48. The molecule has 0 spiro atoms. The molecular formula is C15H23BO3. The molecular weight excluding hydrogens is 239 g/mol. The van der Waals surface area contributed by atoms with Crippen LogP contribution in [0.5, 0.6) is 0 Å². The van der Waals surface area contributed by atoms with E-state index >= 15 is 0 Å². The molecule has 1 aromatic carbocycles. The van der Waals surface area contributed by atoms with Gasteiger partial charge in [0.25, 0.3) is 0 Å². The van der Waals surface area contributed by atoms with Crippen LogP contribution in [-0.4, -0.2) is 30.0 Å². The van der Waals surface area contributed by atoms with Crippen molar-refractivity contribution in [3.8, 4) is 0 Å². The van der Waals surface area contributed by atoms with Crippen molar-refractivity contribution < 1.29 is 14.4 Å². The van der Waals surface area contributed by atoms with Crippen molar-refractivity contribution in [2.24, 2.45) is 0 Å². The molecule has 2 rings (SSSR count). The predicted molar refractivity (Wildman–Crippen MR) is 77.7 cm³/mol. The van der Waals surface area contributed by atoms with Gasteiger partial charge in [-0.15, -0.1) is 0 Å². The van der Waals surface area contributed by atoms with Crippen LogP contribution in [0.3, 0.4) is 0 Å². The van der Waals surface area contributed by atoms with Crippen LogP contribution >= 0.6 is 0 Å². The maximum Gasteiger partial charge on any atom is 0.495 e. The van der Waals surface area contributed by atoms with E-state index in [0.717, 1.165) is 16.6 Å². The van der Waals surface area contributed by atoms with Gasteiger partial charge in [0.05, 0.1) is 11.2 Å². The molecule has 1 heterocycles. The summed E-state index contributed by atoms with van der Waals surface area (Å²) in [5.41, 5.74) is 2.63. The fourth-order valence-corrected chi connectivity index (χ4v) is 2.38. The van der Waals surface area contributed by atoms with Crippen LogP contribution in [-0.2, 0) is 15.7 Å². The Balaban J connectivity index is 2.39. The molecule has 0 atom stereocenters. The summed E-state index contributed by atoms with van der Waals surface area (Å²) < 4.78 is 12.2. The van der Waals surface area contributed by atoms with Crippen LogP contribution in [0.4, 0.5) is 0 Å². The molecule has 1 aromatic rings. The van der Waals surface area contributed by atoms with Gasteiger partial charge in [0.15, 0.2) is 0 Å². The van der Waals surface area contributed by atoms with Gasteiger partial charge in [-0.05, 0) is 52.1 Å². The summed E-state index contributed by atoms with van der Waals surface area (Å²) in [5, 5.41) is 9.20. The first-order valence-electron chi connectivity index (χ1n) is 6.83. The smallest absolute Gasteiger partial charge is 0.399 e. The number of hydrogen-bond acceptors (Lipinski definition) is 3. The zero-order chi connectivity index (χ0) is 14.3. The molecule has 1 fully saturated rings. The fraction of sp³-hybridized carbons (Fsp3) is 0.600. The predicted octanol–water partition coefficient (Wildman–Crippen LogP) is 1.83. The van der Waals surface area contributed by atoms with E-state index in [0.29, 0.717) is 6.42 Å². The van der Waals surface area contributed by atoms with Gasteiger partial charge in [0.2, 0.25) is 0 Å². The second kappa shape index (κ2) is 4.93. The molecule has 1 N–H and O–H groups in total. The Kier molecular flexibility index (Phi) is 3.78. The Morgan fingerprint density at radius 1 is 1.11 bits per heavy atom. The third kappa shape index (κ3) is 2.57. The highest BCUT2D eigenvalue weighted by Crippen LogP contribution is 2.36. The third-order valence-electron chi connectivity index (χ3n) is 4.28. The quantitative estimate of drug-likeness (QED) is 0.844. The maximum absolute atomic E-state index is 9.20. The summed E-state index contributed by atoms with van der Waals surface area (Å²) in [5.74, 6) is 0. The van der Waals surface area contributed by atoms with Crippen LogP contribution in [0.25, 0.3) is 0 Å². The van der Waals surface area contributed by atoms with Crippen molar-refractivity contribution in [3.05, 3.63) is 29.3 Å². The van der Waals surface area contributed by atoms with Crippen molar-refractivity contribution in [1.29, 1.82) is 0 Å². The lowest BCUT2D eigenvalue weighted by molar-refractivity contribution is 0.00578. The molecule has 19 heavy (non-hydrogen) atoms. The minimum atomic E-state index is -0.354. The fourth-order valence-electron chi connectivity index (χ4n) is 2.38. The van der Waals surface area contributed by atoms with E-state index in [2.05, 4.69) is 40.7 Å². The molecule has 0 radical (unpaired) electrons. The van der Waals surface area contributed by atoms with Gasteiger partial charge in [0, 0.05) is 6.61 Å². The molecule has 0 saturated carbocycles. The summed E-state index contributed by atoms with van der Waals surface area (Å²) in [6, 6.07) is 6.10. The SMILES string of the molecule is Cc1cccc(CCO)c1B1OC(C)(C)C(C)(C)O1. The molecule has 1 aliphatic heterocycles. The first-order chi connectivity index (χ1) is 8.78. The highest BCUT2D eigenvalue weighted by Gasteiger charge is 2.52. The standard InChI is InChI=1S/C15H23BO3/c1-11-7-6-8-12(9-10-17)13(11)16-18-14(2,3)15(4,5)19-16/h6-8,17H,9-10H2,1-5H3. The van der Waals surface area contributed by atoms with Gasteiger partial charge >= 0.3 is 7.12 Å². The Bertz CT molecular complexity index is 452. The number of aliphatic hydroxyl groups is 1. The monoisotopic (exact) mass is 262 g/mol. The van der Waals surface area contributed by atoms with Gasteiger partial charge in [0.1, 0.15) is 0 Å². The lowest BCUT2D eigenvalue weighted by atomic mass is 9.72. The van der Waals surface area contributed by atoms with Crippen LogP contribution < -0.4 is 5.46 Å². The Morgan fingerprint density at radius 3 is 2.21 bits per heavy atom. The van der Waals surface area contributed by atoms with Gasteiger partial charge in [-0.3, -0.25) is 0 Å². The zero-order valence-electron chi connectivity index (χ0n) is 12.5. The number of hydrogen-bond donors (Lipinski definition) is 1. The summed E-state index contributed by atoms with van der Waals surface area (Å²) in [4.78, 5) is 0. The van der Waals surface area contributed by atoms with Crippen molar-refractivity contribution in [2.75, 3.05) is 6.61 Å². The normalized spacial score (nSPS) is 20.8. The highest BCUT2D eigenvalue weighted by molar-refractivity contribution is 6.63. The highest BCUT2D eigenvalue weighted by atomic mass is 16.7. The Labute approximate surface area is 116 Å². The maximum atomic E-state index is 9.20. The summed E-state index contributed by atoms with van der Waals surface area (Å²) in [7, 11) is -0.354. The summed E-state index contributed by atoms with van der Waals surface area (Å²) in [6.07, 6.45) is 0.626. The van der Waals surface area contributed by atoms with E-state index < -0.39 is 0 Å².